The zero-order chi connectivity index (χ0) is 16.3. The molecule has 1 aromatic carbocycles. The van der Waals surface area contributed by atoms with Gasteiger partial charge >= 0.3 is 6.09 Å². The van der Waals surface area contributed by atoms with E-state index >= 15 is 0 Å². The molecule has 1 aliphatic heterocycles. The fourth-order valence-electron chi connectivity index (χ4n) is 2.68. The van der Waals surface area contributed by atoms with Gasteiger partial charge in [0, 0.05) is 0 Å². The van der Waals surface area contributed by atoms with Gasteiger partial charge in [-0.05, 0) is 43.9 Å². The van der Waals surface area contributed by atoms with Crippen LogP contribution >= 0.6 is 0 Å². The summed E-state index contributed by atoms with van der Waals surface area (Å²) in [5, 5.41) is 9.39. The van der Waals surface area contributed by atoms with Gasteiger partial charge in [0.25, 0.3) is 0 Å². The first-order valence-corrected chi connectivity index (χ1v) is 7.51. The van der Waals surface area contributed by atoms with E-state index in [9.17, 15) is 14.7 Å². The van der Waals surface area contributed by atoms with E-state index in [-0.39, 0.29) is 17.9 Å². The highest BCUT2D eigenvalue weighted by atomic mass is 16.6. The monoisotopic (exact) mass is 306 g/mol. The molecule has 2 rings (SSSR count). The van der Waals surface area contributed by atoms with Crippen LogP contribution in [0.1, 0.15) is 44.7 Å². The number of phenols is 1. The van der Waals surface area contributed by atoms with E-state index in [4.69, 9.17) is 10.5 Å². The van der Waals surface area contributed by atoms with Crippen molar-refractivity contribution >= 4 is 12.0 Å². The SMILES string of the molecule is CCC(C)OC(=O)N1[C@@H](C(N)=O)CC[C@H]1c1ccc(O)cc1. The van der Waals surface area contributed by atoms with Gasteiger partial charge in [0.15, 0.2) is 0 Å². The van der Waals surface area contributed by atoms with Crippen LogP contribution in [0.4, 0.5) is 4.79 Å². The van der Waals surface area contributed by atoms with E-state index in [0.29, 0.717) is 19.3 Å². The molecule has 0 radical (unpaired) electrons. The number of carbonyl (C=O) groups is 2. The molecule has 0 aromatic heterocycles. The third kappa shape index (κ3) is 3.32. The predicted molar refractivity (Wildman–Crippen MR) is 81.1 cm³/mol. The number of primary amides is 1. The molecule has 3 atom stereocenters. The van der Waals surface area contributed by atoms with Gasteiger partial charge in [-0.3, -0.25) is 9.69 Å². The van der Waals surface area contributed by atoms with Crippen LogP contribution in [0.2, 0.25) is 0 Å². The van der Waals surface area contributed by atoms with Crippen molar-refractivity contribution in [1.82, 2.24) is 4.90 Å². The van der Waals surface area contributed by atoms with E-state index in [2.05, 4.69) is 0 Å². The highest BCUT2D eigenvalue weighted by molar-refractivity contribution is 5.85. The number of phenolic OH excluding ortho intramolecular Hbond substituents is 1. The largest absolute Gasteiger partial charge is 0.508 e. The number of hydrogen-bond donors (Lipinski definition) is 2. The predicted octanol–water partition coefficient (Wildman–Crippen LogP) is 2.32. The fourth-order valence-corrected chi connectivity index (χ4v) is 2.68. The number of likely N-dealkylation sites (tertiary alicyclic amines) is 1. The molecule has 6 heteroatoms. The maximum atomic E-state index is 12.4. The summed E-state index contributed by atoms with van der Waals surface area (Å²) in [4.78, 5) is 25.5. The molecule has 0 spiro atoms. The molecule has 1 heterocycles. The summed E-state index contributed by atoms with van der Waals surface area (Å²) < 4.78 is 5.37. The molecule has 22 heavy (non-hydrogen) atoms. The second-order valence-corrected chi connectivity index (χ2v) is 5.61. The van der Waals surface area contributed by atoms with E-state index in [1.165, 1.54) is 4.90 Å². The van der Waals surface area contributed by atoms with Crippen molar-refractivity contribution in [2.45, 2.75) is 51.3 Å². The Balaban J connectivity index is 2.26. The van der Waals surface area contributed by atoms with Crippen LogP contribution in [-0.2, 0) is 9.53 Å². The van der Waals surface area contributed by atoms with Crippen LogP contribution in [0.15, 0.2) is 24.3 Å². The van der Waals surface area contributed by atoms with Crippen LogP contribution in [-0.4, -0.2) is 34.2 Å². The lowest BCUT2D eigenvalue weighted by molar-refractivity contribution is -0.122. The lowest BCUT2D eigenvalue weighted by Crippen LogP contribution is -2.45. The number of nitrogens with zero attached hydrogens (tertiary/aromatic N) is 1. The summed E-state index contributed by atoms with van der Waals surface area (Å²) in [6.07, 6.45) is 1.10. The van der Waals surface area contributed by atoms with Gasteiger partial charge in [-0.25, -0.2) is 4.79 Å². The van der Waals surface area contributed by atoms with Crippen LogP contribution in [0.25, 0.3) is 0 Å². The quantitative estimate of drug-likeness (QED) is 0.892. The molecule has 1 aromatic rings. The Morgan fingerprint density at radius 2 is 2.00 bits per heavy atom. The van der Waals surface area contributed by atoms with Gasteiger partial charge in [-0.1, -0.05) is 19.1 Å². The maximum Gasteiger partial charge on any atom is 0.411 e. The number of nitrogens with two attached hydrogens (primary N) is 1. The number of benzene rings is 1. The molecule has 1 saturated heterocycles. The normalized spacial score (nSPS) is 22.4. The van der Waals surface area contributed by atoms with Gasteiger partial charge in [0.1, 0.15) is 17.9 Å². The van der Waals surface area contributed by atoms with Crippen molar-refractivity contribution < 1.29 is 19.4 Å². The first kappa shape index (κ1) is 16.1. The van der Waals surface area contributed by atoms with Gasteiger partial charge < -0.3 is 15.6 Å². The van der Waals surface area contributed by atoms with Crippen LogP contribution in [0.5, 0.6) is 5.75 Å². The molecule has 2 amide bonds. The first-order valence-electron chi connectivity index (χ1n) is 7.51. The minimum atomic E-state index is -0.657. The van der Waals surface area contributed by atoms with Crippen molar-refractivity contribution in [2.24, 2.45) is 5.73 Å². The number of carbonyl (C=O) groups excluding carboxylic acids is 2. The summed E-state index contributed by atoms with van der Waals surface area (Å²) in [5.41, 5.74) is 6.27. The van der Waals surface area contributed by atoms with Gasteiger partial charge in [0.05, 0.1) is 6.04 Å². The molecule has 0 saturated carbocycles. The van der Waals surface area contributed by atoms with Crippen LogP contribution in [0, 0.1) is 0 Å². The number of ether oxygens (including phenoxy) is 1. The number of aromatic hydroxyl groups is 1. The van der Waals surface area contributed by atoms with Crippen molar-refractivity contribution in [3.05, 3.63) is 29.8 Å². The zero-order valence-electron chi connectivity index (χ0n) is 12.9. The topological polar surface area (TPSA) is 92.9 Å². The summed E-state index contributed by atoms with van der Waals surface area (Å²) in [6.45, 7) is 3.73. The number of amides is 2. The second kappa shape index (κ2) is 6.68. The third-order valence-electron chi connectivity index (χ3n) is 4.08. The number of hydrogen-bond acceptors (Lipinski definition) is 4. The van der Waals surface area contributed by atoms with Crippen molar-refractivity contribution in [1.29, 1.82) is 0 Å². The molecule has 6 nitrogen and oxygen atoms in total. The van der Waals surface area contributed by atoms with Gasteiger partial charge in [-0.15, -0.1) is 0 Å². The summed E-state index contributed by atoms with van der Waals surface area (Å²) in [7, 11) is 0. The molecule has 1 fully saturated rings. The molecule has 1 aliphatic rings. The summed E-state index contributed by atoms with van der Waals surface area (Å²) in [5.74, 6) is -0.371. The van der Waals surface area contributed by atoms with Crippen molar-refractivity contribution in [3.63, 3.8) is 0 Å². The zero-order valence-corrected chi connectivity index (χ0v) is 12.9. The van der Waals surface area contributed by atoms with Crippen LogP contribution < -0.4 is 5.73 Å². The highest BCUT2D eigenvalue weighted by Crippen LogP contribution is 2.37. The fraction of sp³-hybridized carbons (Fsp3) is 0.500. The Kier molecular flexibility index (Phi) is 4.90. The standard InChI is InChI=1S/C16H22N2O4/c1-3-10(2)22-16(21)18-13(8-9-14(18)15(17)20)11-4-6-12(19)7-5-11/h4-7,10,13-14,19H,3,8-9H2,1-2H3,(H2,17,20)/t10?,13-,14+/m0/s1. The average molecular weight is 306 g/mol. The molecule has 3 N–H and O–H groups in total. The van der Waals surface area contributed by atoms with Gasteiger partial charge in [0.2, 0.25) is 5.91 Å². The summed E-state index contributed by atoms with van der Waals surface area (Å²) in [6, 6.07) is 5.68. The molecule has 1 unspecified atom stereocenters. The first-order chi connectivity index (χ1) is 10.4. The van der Waals surface area contributed by atoms with Crippen molar-refractivity contribution in [3.8, 4) is 5.75 Å². The van der Waals surface area contributed by atoms with Gasteiger partial charge in [-0.2, -0.15) is 0 Å². The van der Waals surface area contributed by atoms with Crippen LogP contribution in [0.3, 0.4) is 0 Å². The second-order valence-electron chi connectivity index (χ2n) is 5.61. The Labute approximate surface area is 129 Å². The van der Waals surface area contributed by atoms with E-state index in [0.717, 1.165) is 5.56 Å². The molecule has 120 valence electrons. The highest BCUT2D eigenvalue weighted by Gasteiger charge is 2.42. The van der Waals surface area contributed by atoms with E-state index in [1.807, 2.05) is 13.8 Å². The Hall–Kier alpha value is -2.24. The molecule has 0 aliphatic carbocycles. The Morgan fingerprint density at radius 3 is 2.55 bits per heavy atom. The Morgan fingerprint density at radius 1 is 1.36 bits per heavy atom. The van der Waals surface area contributed by atoms with Crippen molar-refractivity contribution in [2.75, 3.05) is 0 Å². The lowest BCUT2D eigenvalue weighted by Gasteiger charge is -2.29. The molecule has 0 bridgehead atoms. The smallest absolute Gasteiger partial charge is 0.411 e. The molecular formula is C16H22N2O4. The Bertz CT molecular complexity index is 544. The van der Waals surface area contributed by atoms with E-state index in [1.54, 1.807) is 24.3 Å². The van der Waals surface area contributed by atoms with E-state index < -0.39 is 18.0 Å². The molecular weight excluding hydrogens is 284 g/mol. The number of rotatable bonds is 4. The lowest BCUT2D eigenvalue weighted by atomic mass is 10.0. The minimum Gasteiger partial charge on any atom is -0.508 e. The third-order valence-corrected chi connectivity index (χ3v) is 4.08. The average Bonchev–Trinajstić information content (AvgIpc) is 2.93. The summed E-state index contributed by atoms with van der Waals surface area (Å²) >= 11 is 0. The minimum absolute atomic E-state index is 0.155. The maximum absolute atomic E-state index is 12.4.